The zero-order valence-corrected chi connectivity index (χ0v) is 9.04. The second kappa shape index (κ2) is 3.76. The molecule has 1 heterocycles. The summed E-state index contributed by atoms with van der Waals surface area (Å²) in [6, 6.07) is 10.4. The first-order valence-corrected chi connectivity index (χ1v) is 5.65. The quantitative estimate of drug-likeness (QED) is 0.697. The van der Waals surface area contributed by atoms with E-state index in [4.69, 9.17) is 4.74 Å². The van der Waals surface area contributed by atoms with E-state index >= 15 is 0 Å². The van der Waals surface area contributed by atoms with Gasteiger partial charge in [0.25, 0.3) is 0 Å². The molecule has 0 amide bonds. The molecule has 80 valence electrons. The number of rotatable bonds is 3. The third-order valence-corrected chi connectivity index (χ3v) is 3.09. The summed E-state index contributed by atoms with van der Waals surface area (Å²) in [4.78, 5) is 0. The summed E-state index contributed by atoms with van der Waals surface area (Å²) in [6.07, 6.45) is 14.0. The van der Waals surface area contributed by atoms with E-state index in [1.165, 1.54) is 5.56 Å². The molecule has 1 aliphatic carbocycles. The van der Waals surface area contributed by atoms with Crippen molar-refractivity contribution >= 4 is 6.08 Å². The molecule has 0 spiro atoms. The van der Waals surface area contributed by atoms with Crippen LogP contribution in [0.25, 0.3) is 6.08 Å². The van der Waals surface area contributed by atoms with Gasteiger partial charge in [0.1, 0.15) is 11.7 Å². The van der Waals surface area contributed by atoms with E-state index in [-0.39, 0.29) is 5.60 Å². The number of hydrogen-bond acceptors (Lipinski definition) is 1. The second-order valence-corrected chi connectivity index (χ2v) is 4.25. The van der Waals surface area contributed by atoms with Crippen LogP contribution in [0.1, 0.15) is 12.0 Å². The summed E-state index contributed by atoms with van der Waals surface area (Å²) in [5, 5.41) is 0. The molecular weight excluding hydrogens is 196 g/mol. The van der Waals surface area contributed by atoms with Crippen LogP contribution in [-0.2, 0) is 4.74 Å². The number of epoxide rings is 1. The van der Waals surface area contributed by atoms with Gasteiger partial charge in [-0.2, -0.15) is 0 Å². The first-order valence-electron chi connectivity index (χ1n) is 5.65. The number of fused-ring (bicyclic) bond motifs is 1. The lowest BCUT2D eigenvalue weighted by Gasteiger charge is -2.04. The Bertz CT molecular complexity index is 456. The fourth-order valence-corrected chi connectivity index (χ4v) is 2.10. The molecule has 1 aromatic carbocycles. The van der Waals surface area contributed by atoms with Crippen LogP contribution < -0.4 is 0 Å². The smallest absolute Gasteiger partial charge is 0.121 e. The molecule has 0 radical (unpaired) electrons. The van der Waals surface area contributed by atoms with Crippen LogP contribution in [0.2, 0.25) is 0 Å². The van der Waals surface area contributed by atoms with Gasteiger partial charge in [-0.15, -0.1) is 0 Å². The summed E-state index contributed by atoms with van der Waals surface area (Å²) in [5.74, 6) is 0. The topological polar surface area (TPSA) is 12.5 Å². The van der Waals surface area contributed by atoms with Gasteiger partial charge >= 0.3 is 0 Å². The molecule has 1 aliphatic heterocycles. The summed E-state index contributed by atoms with van der Waals surface area (Å²) >= 11 is 0. The van der Waals surface area contributed by atoms with Crippen LogP contribution in [-0.4, -0.2) is 11.7 Å². The van der Waals surface area contributed by atoms with Gasteiger partial charge in [0.2, 0.25) is 0 Å². The Hall–Kier alpha value is -1.60. The molecule has 1 saturated heterocycles. The van der Waals surface area contributed by atoms with Crippen molar-refractivity contribution in [3.63, 3.8) is 0 Å². The average molecular weight is 210 g/mol. The summed E-state index contributed by atoms with van der Waals surface area (Å²) in [5.41, 5.74) is 1.21. The SMILES string of the molecule is C1=CC2OC2(CC=Cc2ccccc2)C=C1. The fourth-order valence-electron chi connectivity index (χ4n) is 2.10. The van der Waals surface area contributed by atoms with Crippen LogP contribution in [0.4, 0.5) is 0 Å². The van der Waals surface area contributed by atoms with Crippen LogP contribution in [0.15, 0.2) is 60.7 Å². The summed E-state index contributed by atoms with van der Waals surface area (Å²) in [7, 11) is 0. The molecule has 1 aromatic rings. The van der Waals surface area contributed by atoms with Gasteiger partial charge in [-0.3, -0.25) is 0 Å². The normalized spacial score (nSPS) is 30.6. The lowest BCUT2D eigenvalue weighted by Crippen LogP contribution is -2.10. The molecule has 1 fully saturated rings. The Labute approximate surface area is 95.7 Å². The minimum absolute atomic E-state index is 0.0277. The third kappa shape index (κ3) is 1.74. The number of benzene rings is 1. The van der Waals surface area contributed by atoms with Crippen LogP contribution in [0.3, 0.4) is 0 Å². The largest absolute Gasteiger partial charge is 0.357 e. The Morgan fingerprint density at radius 1 is 1.19 bits per heavy atom. The fraction of sp³-hybridized carbons (Fsp3) is 0.200. The lowest BCUT2D eigenvalue weighted by molar-refractivity contribution is 0.343. The molecule has 0 bridgehead atoms. The molecule has 3 rings (SSSR count). The molecule has 2 atom stereocenters. The van der Waals surface area contributed by atoms with Gasteiger partial charge in [-0.25, -0.2) is 0 Å². The number of ether oxygens (including phenoxy) is 1. The van der Waals surface area contributed by atoms with Crippen LogP contribution in [0.5, 0.6) is 0 Å². The highest BCUT2D eigenvalue weighted by atomic mass is 16.6. The predicted molar refractivity (Wildman–Crippen MR) is 66.0 cm³/mol. The Balaban J connectivity index is 1.64. The van der Waals surface area contributed by atoms with Crippen LogP contribution in [0, 0.1) is 0 Å². The van der Waals surface area contributed by atoms with E-state index in [9.17, 15) is 0 Å². The van der Waals surface area contributed by atoms with Crippen molar-refractivity contribution in [1.29, 1.82) is 0 Å². The summed E-state index contributed by atoms with van der Waals surface area (Å²) in [6.45, 7) is 0. The zero-order valence-electron chi connectivity index (χ0n) is 9.04. The zero-order chi connectivity index (χ0) is 10.8. The minimum Gasteiger partial charge on any atom is -0.357 e. The van der Waals surface area contributed by atoms with Crippen molar-refractivity contribution in [3.8, 4) is 0 Å². The lowest BCUT2D eigenvalue weighted by atomic mass is 9.96. The molecule has 16 heavy (non-hydrogen) atoms. The molecule has 2 aliphatic rings. The average Bonchev–Trinajstić information content (AvgIpc) is 3.05. The van der Waals surface area contributed by atoms with Gasteiger partial charge in [-0.1, -0.05) is 60.7 Å². The standard InChI is InChI=1S/C15H14O/c1-2-7-13(8-3-1)9-6-12-15-11-5-4-10-14(15)16-15/h1-11,14H,12H2. The first kappa shape index (κ1) is 9.61. The van der Waals surface area contributed by atoms with E-state index < -0.39 is 0 Å². The highest BCUT2D eigenvalue weighted by Crippen LogP contribution is 2.44. The Morgan fingerprint density at radius 2 is 2.06 bits per heavy atom. The molecular formula is C15H14O. The van der Waals surface area contributed by atoms with Crippen molar-refractivity contribution < 1.29 is 4.74 Å². The second-order valence-electron chi connectivity index (χ2n) is 4.25. The van der Waals surface area contributed by atoms with Crippen molar-refractivity contribution in [2.75, 3.05) is 0 Å². The maximum absolute atomic E-state index is 5.68. The monoisotopic (exact) mass is 210 g/mol. The van der Waals surface area contributed by atoms with Gasteiger partial charge in [-0.05, 0) is 11.6 Å². The van der Waals surface area contributed by atoms with E-state index in [1.807, 2.05) is 6.07 Å². The van der Waals surface area contributed by atoms with Crippen molar-refractivity contribution in [2.24, 2.45) is 0 Å². The van der Waals surface area contributed by atoms with Gasteiger partial charge in [0, 0.05) is 6.42 Å². The molecule has 0 N–H and O–H groups in total. The maximum Gasteiger partial charge on any atom is 0.121 e. The van der Waals surface area contributed by atoms with Crippen molar-refractivity contribution in [2.45, 2.75) is 18.1 Å². The molecule has 1 nitrogen and oxygen atoms in total. The van der Waals surface area contributed by atoms with Crippen molar-refractivity contribution in [1.82, 2.24) is 0 Å². The Kier molecular flexibility index (Phi) is 2.26. The third-order valence-electron chi connectivity index (χ3n) is 3.09. The highest BCUT2D eigenvalue weighted by Gasteiger charge is 2.52. The predicted octanol–water partition coefficient (Wildman–Crippen LogP) is 3.35. The van der Waals surface area contributed by atoms with E-state index in [0.717, 1.165) is 6.42 Å². The number of allylic oxidation sites excluding steroid dienone is 2. The highest BCUT2D eigenvalue weighted by molar-refractivity contribution is 5.49. The van der Waals surface area contributed by atoms with E-state index in [0.29, 0.717) is 6.10 Å². The molecule has 1 heteroatoms. The van der Waals surface area contributed by atoms with Gasteiger partial charge in [0.05, 0.1) is 0 Å². The van der Waals surface area contributed by atoms with Crippen molar-refractivity contribution in [3.05, 3.63) is 66.3 Å². The molecule has 0 aromatic heterocycles. The maximum atomic E-state index is 5.68. The van der Waals surface area contributed by atoms with Gasteiger partial charge in [0.15, 0.2) is 0 Å². The molecule has 2 unspecified atom stereocenters. The number of hydrogen-bond donors (Lipinski definition) is 0. The Morgan fingerprint density at radius 3 is 2.88 bits per heavy atom. The van der Waals surface area contributed by atoms with Crippen LogP contribution >= 0.6 is 0 Å². The molecule has 0 saturated carbocycles. The minimum atomic E-state index is -0.0277. The first-order chi connectivity index (χ1) is 7.89. The van der Waals surface area contributed by atoms with E-state index in [2.05, 4.69) is 60.7 Å². The summed E-state index contributed by atoms with van der Waals surface area (Å²) < 4.78 is 5.68. The van der Waals surface area contributed by atoms with E-state index in [1.54, 1.807) is 0 Å². The van der Waals surface area contributed by atoms with Gasteiger partial charge < -0.3 is 4.74 Å².